The minimum absolute atomic E-state index is 0.00762. The van der Waals surface area contributed by atoms with Crippen LogP contribution in [0.4, 0.5) is 0 Å². The van der Waals surface area contributed by atoms with E-state index in [0.29, 0.717) is 61.1 Å². The summed E-state index contributed by atoms with van der Waals surface area (Å²) in [5.41, 5.74) is 1.78. The molecular formula is C34H33NO11S. The Morgan fingerprint density at radius 1 is 0.766 bits per heavy atom. The normalized spacial score (nSPS) is 13.8. The highest BCUT2D eigenvalue weighted by atomic mass is 32.2. The molecule has 5 aromatic rings. The molecule has 1 aliphatic rings. The quantitative estimate of drug-likeness (QED) is 0.0615. The Hall–Kier alpha value is -4.88. The number of rotatable bonds is 10. The van der Waals surface area contributed by atoms with Crippen molar-refractivity contribution in [3.8, 4) is 34.5 Å². The van der Waals surface area contributed by atoms with Gasteiger partial charge in [0.1, 0.15) is 11.5 Å². The minimum Gasteiger partial charge on any atom is -0.504 e. The number of allylic oxidation sites excluding steroid dienone is 2. The third-order valence-corrected chi connectivity index (χ3v) is 9.76. The average Bonchev–Trinajstić information content (AvgIpc) is 3.14. The monoisotopic (exact) mass is 663 g/mol. The predicted molar refractivity (Wildman–Crippen MR) is 181 cm³/mol. The van der Waals surface area contributed by atoms with E-state index in [1.165, 1.54) is 40.6 Å². The topological polar surface area (TPSA) is 178 Å². The Balaban J connectivity index is 1.89. The fourth-order valence-electron chi connectivity index (χ4n) is 7.18. The fourth-order valence-corrected chi connectivity index (χ4v) is 7.75. The molecule has 47 heavy (non-hydrogen) atoms. The van der Waals surface area contributed by atoms with Gasteiger partial charge in [0.05, 0.1) is 45.0 Å². The molecule has 0 spiro atoms. The summed E-state index contributed by atoms with van der Waals surface area (Å²) in [6.07, 6.45) is 0.783. The van der Waals surface area contributed by atoms with E-state index in [0.717, 1.165) is 5.57 Å². The molecule has 1 aliphatic carbocycles. The van der Waals surface area contributed by atoms with Crippen molar-refractivity contribution in [1.29, 1.82) is 0 Å². The van der Waals surface area contributed by atoms with Crippen LogP contribution in [0.2, 0.25) is 0 Å². The molecule has 5 aromatic carbocycles. The molecule has 0 atom stereocenters. The lowest BCUT2D eigenvalue weighted by Crippen LogP contribution is -2.10. The Kier molecular flexibility index (Phi) is 7.80. The van der Waals surface area contributed by atoms with Gasteiger partial charge < -0.3 is 29.2 Å². The molecule has 0 fully saturated rings. The average molecular weight is 664 g/mol. The molecular weight excluding hydrogens is 630 g/mol. The van der Waals surface area contributed by atoms with Crippen LogP contribution in [0.25, 0.3) is 48.7 Å². The van der Waals surface area contributed by atoms with Gasteiger partial charge in [-0.25, -0.2) is 0 Å². The van der Waals surface area contributed by atoms with Gasteiger partial charge in [-0.15, -0.1) is 0 Å². The number of benzene rings is 5. The molecule has 0 aromatic heterocycles. The number of unbranched alkanes of at least 4 members (excludes halogenated alkanes) is 1. The van der Waals surface area contributed by atoms with Crippen molar-refractivity contribution in [3.63, 3.8) is 0 Å². The second kappa shape index (κ2) is 11.4. The van der Waals surface area contributed by atoms with Crippen LogP contribution in [0, 0.1) is 0 Å². The maximum atomic E-state index is 13.7. The Morgan fingerprint density at radius 3 is 1.81 bits per heavy atom. The van der Waals surface area contributed by atoms with Crippen LogP contribution >= 0.6 is 0 Å². The smallest absolute Gasteiger partial charge is 0.264 e. The number of phenolic OH excluding ortho intramolecular Hbond substituents is 2. The number of aromatic hydroxyl groups is 2. The van der Waals surface area contributed by atoms with Gasteiger partial charge in [0.2, 0.25) is 0 Å². The number of methoxy groups -OCH3 is 4. The highest BCUT2D eigenvalue weighted by Crippen LogP contribution is 2.58. The first kappa shape index (κ1) is 32.1. The Labute approximate surface area is 268 Å². The zero-order valence-electron chi connectivity index (χ0n) is 26.7. The van der Waals surface area contributed by atoms with Gasteiger partial charge in [0, 0.05) is 68.0 Å². The molecule has 0 aliphatic heterocycles. The predicted octanol–water partition coefficient (Wildman–Crippen LogP) is 4.80. The molecule has 0 saturated heterocycles. The lowest BCUT2D eigenvalue weighted by Gasteiger charge is -2.24. The van der Waals surface area contributed by atoms with Crippen LogP contribution in [-0.2, 0) is 16.5 Å². The largest absolute Gasteiger partial charge is 0.504 e. The number of phenols is 2. The summed E-state index contributed by atoms with van der Waals surface area (Å²) in [6.45, 7) is 3.87. The first-order valence-electron chi connectivity index (χ1n) is 14.8. The van der Waals surface area contributed by atoms with Crippen molar-refractivity contribution in [3.05, 3.63) is 49.3 Å². The van der Waals surface area contributed by atoms with E-state index in [4.69, 9.17) is 28.5 Å². The molecule has 13 heteroatoms. The molecule has 0 radical (unpaired) electrons. The number of nitrogens with zero attached hydrogens (tertiary/aromatic N) is 1. The molecule has 0 bridgehead atoms. The Morgan fingerprint density at radius 2 is 1.30 bits per heavy atom. The molecule has 246 valence electrons. The Bertz CT molecular complexity index is 2430. The second-order valence-electron chi connectivity index (χ2n) is 11.6. The van der Waals surface area contributed by atoms with Gasteiger partial charge in [0.15, 0.2) is 33.9 Å². The summed E-state index contributed by atoms with van der Waals surface area (Å²) < 4.78 is 54.6. The zero-order chi connectivity index (χ0) is 34.1. The van der Waals surface area contributed by atoms with E-state index in [1.807, 2.05) is 6.92 Å². The highest BCUT2D eigenvalue weighted by Gasteiger charge is 2.35. The van der Waals surface area contributed by atoms with Gasteiger partial charge in [0.25, 0.3) is 10.1 Å². The molecule has 0 saturated carbocycles. The SMILES string of the molecule is COc1c(O)c2c(=O)cc(OC)c3c4c(OC)cc(=O)c5c(O)c(OC)c6c(c(c1CC(C)=C6C(C)=NCCCCS(=O)(=O)O)c23)c54. The third kappa shape index (κ3) is 4.67. The number of hydrogen-bond acceptors (Lipinski definition) is 11. The van der Waals surface area contributed by atoms with Crippen molar-refractivity contribution in [2.45, 2.75) is 33.1 Å². The minimum atomic E-state index is -4.11. The first-order valence-corrected chi connectivity index (χ1v) is 16.4. The maximum Gasteiger partial charge on any atom is 0.264 e. The van der Waals surface area contributed by atoms with Gasteiger partial charge in [-0.1, -0.05) is 5.57 Å². The van der Waals surface area contributed by atoms with Crippen LogP contribution < -0.4 is 29.8 Å². The van der Waals surface area contributed by atoms with Gasteiger partial charge in [-0.2, -0.15) is 8.42 Å². The molecule has 0 heterocycles. The second-order valence-corrected chi connectivity index (χ2v) is 13.1. The highest BCUT2D eigenvalue weighted by molar-refractivity contribution is 7.85. The van der Waals surface area contributed by atoms with Crippen LogP contribution in [0.5, 0.6) is 34.5 Å². The first-order chi connectivity index (χ1) is 22.3. The number of ether oxygens (including phenoxy) is 4. The lowest BCUT2D eigenvalue weighted by atomic mass is 9.82. The molecule has 12 nitrogen and oxygen atoms in total. The standard InChI is InChI=1S/C34H33NO11S/c1-14-11-16-22-27-23(31(38)33(16)45-5)17(36)12-19(43-3)25(27)26-20(44-4)13-18(37)24-29(26)28(22)30(34(46-6)32(24)39)21(14)15(2)35-9-7-8-10-47(40,41)42/h12-13,38-39H,7-11H2,1-6H3,(H,40,41,42). The van der Waals surface area contributed by atoms with Crippen molar-refractivity contribution in [1.82, 2.24) is 0 Å². The third-order valence-electron chi connectivity index (χ3n) is 8.95. The maximum absolute atomic E-state index is 13.7. The molecule has 6 rings (SSSR count). The van der Waals surface area contributed by atoms with Crippen LogP contribution in [-0.4, -0.2) is 69.6 Å². The molecule has 0 amide bonds. The summed E-state index contributed by atoms with van der Waals surface area (Å²) in [6, 6.07) is 2.52. The molecule has 0 unspecified atom stereocenters. The summed E-state index contributed by atoms with van der Waals surface area (Å²) in [5.74, 6) is -0.672. The zero-order valence-corrected chi connectivity index (χ0v) is 27.5. The summed E-state index contributed by atoms with van der Waals surface area (Å²) in [4.78, 5) is 32.2. The van der Waals surface area contributed by atoms with E-state index in [9.17, 15) is 28.2 Å². The van der Waals surface area contributed by atoms with E-state index >= 15 is 0 Å². The van der Waals surface area contributed by atoms with Gasteiger partial charge in [-0.05, 0) is 38.5 Å². The van der Waals surface area contributed by atoms with E-state index in [2.05, 4.69) is 0 Å². The van der Waals surface area contributed by atoms with Crippen molar-refractivity contribution in [2.75, 3.05) is 40.7 Å². The van der Waals surface area contributed by atoms with Crippen molar-refractivity contribution in [2.24, 2.45) is 4.99 Å². The van der Waals surface area contributed by atoms with Gasteiger partial charge >= 0.3 is 0 Å². The van der Waals surface area contributed by atoms with Crippen LogP contribution in [0.3, 0.4) is 0 Å². The van der Waals surface area contributed by atoms with Crippen LogP contribution in [0.1, 0.15) is 37.8 Å². The number of aliphatic imine (C=N–C) groups is 1. The van der Waals surface area contributed by atoms with Crippen LogP contribution in [0.15, 0.2) is 32.3 Å². The summed E-state index contributed by atoms with van der Waals surface area (Å²) >= 11 is 0. The number of fused-ring (bicyclic) bond motifs is 1. The van der Waals surface area contributed by atoms with Crippen molar-refractivity contribution < 1.29 is 42.1 Å². The molecule has 3 N–H and O–H groups in total. The summed E-state index contributed by atoms with van der Waals surface area (Å²) in [7, 11) is 1.49. The van der Waals surface area contributed by atoms with E-state index in [1.54, 1.807) is 6.92 Å². The lowest BCUT2D eigenvalue weighted by molar-refractivity contribution is 0.373. The van der Waals surface area contributed by atoms with Gasteiger partial charge in [-0.3, -0.25) is 19.1 Å². The fraction of sp³-hybridized carbons (Fsp3) is 0.324. The summed E-state index contributed by atoms with van der Waals surface area (Å²) in [5, 5.41) is 25.9. The van der Waals surface area contributed by atoms with E-state index in [-0.39, 0.29) is 64.7 Å². The van der Waals surface area contributed by atoms with E-state index < -0.39 is 26.7 Å². The number of hydrogen-bond donors (Lipinski definition) is 3. The van der Waals surface area contributed by atoms with Crippen molar-refractivity contribution >= 4 is 64.5 Å².